The molecular weight excluding hydrogens is 230 g/mol. The topological polar surface area (TPSA) is 47.6 Å². The molecule has 1 heterocycles. The van der Waals surface area contributed by atoms with Crippen molar-refractivity contribution in [1.82, 2.24) is 5.32 Å². The third-order valence-electron chi connectivity index (χ3n) is 2.55. The highest BCUT2D eigenvalue weighted by Crippen LogP contribution is 2.39. The van der Waals surface area contributed by atoms with Crippen molar-refractivity contribution >= 4 is 5.91 Å². The molecule has 4 nitrogen and oxygen atoms in total. The predicted molar refractivity (Wildman–Crippen MR) is 67.3 cm³/mol. The zero-order valence-electron chi connectivity index (χ0n) is 10.4. The van der Waals surface area contributed by atoms with Crippen LogP contribution in [0.15, 0.2) is 18.2 Å². The molecule has 1 aliphatic rings. The van der Waals surface area contributed by atoms with E-state index in [4.69, 9.17) is 15.9 Å². The number of carbonyl (C=O) groups excluding carboxylic acids is 1. The smallest absolute Gasteiger partial charge is 0.295 e. The van der Waals surface area contributed by atoms with Gasteiger partial charge < -0.3 is 14.8 Å². The summed E-state index contributed by atoms with van der Waals surface area (Å²) in [6.07, 6.45) is 5.66. The number of hydrogen-bond acceptors (Lipinski definition) is 3. The van der Waals surface area contributed by atoms with Gasteiger partial charge in [0.15, 0.2) is 11.5 Å². The van der Waals surface area contributed by atoms with Crippen molar-refractivity contribution in [2.45, 2.75) is 26.1 Å². The van der Waals surface area contributed by atoms with Gasteiger partial charge in [-0.3, -0.25) is 4.79 Å². The van der Waals surface area contributed by atoms with Crippen LogP contribution in [0.3, 0.4) is 0 Å². The maximum Gasteiger partial charge on any atom is 0.295 e. The van der Waals surface area contributed by atoms with E-state index >= 15 is 0 Å². The number of benzene rings is 1. The molecule has 0 aliphatic carbocycles. The Hall–Kier alpha value is -2.15. The number of ether oxygens (including phenoxy) is 2. The Morgan fingerprint density at radius 2 is 2.11 bits per heavy atom. The molecule has 1 aliphatic heterocycles. The van der Waals surface area contributed by atoms with Gasteiger partial charge >= 0.3 is 0 Å². The predicted octanol–water partition coefficient (Wildman–Crippen LogP) is 1.49. The van der Waals surface area contributed by atoms with Crippen LogP contribution in [0.2, 0.25) is 0 Å². The minimum Gasteiger partial charge on any atom is -0.449 e. The second-order valence-electron chi connectivity index (χ2n) is 4.54. The molecule has 0 radical (unpaired) electrons. The van der Waals surface area contributed by atoms with Crippen LogP contribution in [0.1, 0.15) is 19.4 Å². The Morgan fingerprint density at radius 3 is 2.83 bits per heavy atom. The number of nitrogens with one attached hydrogen (secondary N) is 1. The number of rotatable bonds is 3. The summed E-state index contributed by atoms with van der Waals surface area (Å²) in [7, 11) is 0. The van der Waals surface area contributed by atoms with E-state index in [0.717, 1.165) is 17.1 Å². The normalized spacial score (nSPS) is 14.9. The molecule has 1 aromatic carbocycles. The van der Waals surface area contributed by atoms with Gasteiger partial charge in [0.1, 0.15) is 0 Å². The fraction of sp³-hybridized carbons (Fsp3) is 0.357. The summed E-state index contributed by atoms with van der Waals surface area (Å²) in [4.78, 5) is 10.9. The molecule has 0 bridgehead atoms. The molecule has 0 fully saturated rings. The fourth-order valence-electron chi connectivity index (χ4n) is 1.79. The molecule has 94 valence electrons. The van der Waals surface area contributed by atoms with Gasteiger partial charge in [0, 0.05) is 20.4 Å². The van der Waals surface area contributed by atoms with Crippen LogP contribution in [0.4, 0.5) is 0 Å². The second kappa shape index (κ2) is 4.61. The first-order chi connectivity index (χ1) is 8.50. The number of terminal acetylenes is 1. The van der Waals surface area contributed by atoms with Gasteiger partial charge in [-0.05, 0) is 30.0 Å². The molecule has 1 aromatic rings. The highest BCUT2D eigenvalue weighted by Gasteiger charge is 2.31. The van der Waals surface area contributed by atoms with Gasteiger partial charge in [0.25, 0.3) is 5.91 Å². The first-order valence-electron chi connectivity index (χ1n) is 5.75. The summed E-state index contributed by atoms with van der Waals surface area (Å²) in [6.45, 7) is 4.23. The number of fused-ring (bicyclic) bond motifs is 1. The van der Waals surface area contributed by atoms with Crippen molar-refractivity contribution < 1.29 is 14.3 Å². The van der Waals surface area contributed by atoms with Gasteiger partial charge in [-0.1, -0.05) is 6.07 Å². The Morgan fingerprint density at radius 1 is 1.39 bits per heavy atom. The number of hydrogen-bond donors (Lipinski definition) is 1. The molecule has 0 saturated carbocycles. The summed E-state index contributed by atoms with van der Waals surface area (Å²) < 4.78 is 11.2. The van der Waals surface area contributed by atoms with E-state index < -0.39 is 11.7 Å². The van der Waals surface area contributed by atoms with Gasteiger partial charge in [-0.15, -0.1) is 6.42 Å². The molecule has 0 spiro atoms. The zero-order chi connectivity index (χ0) is 13.2. The minimum atomic E-state index is -0.612. The van der Waals surface area contributed by atoms with E-state index in [1.165, 1.54) is 0 Å². The van der Waals surface area contributed by atoms with Gasteiger partial charge in [-0.25, -0.2) is 0 Å². The van der Waals surface area contributed by atoms with Crippen LogP contribution in [0, 0.1) is 12.3 Å². The first kappa shape index (κ1) is 12.3. The van der Waals surface area contributed by atoms with Crippen LogP contribution in [-0.4, -0.2) is 18.2 Å². The molecule has 0 aromatic heterocycles. The molecule has 18 heavy (non-hydrogen) atoms. The average Bonchev–Trinajstić information content (AvgIpc) is 2.62. The lowest BCUT2D eigenvalue weighted by Crippen LogP contribution is -2.29. The van der Waals surface area contributed by atoms with Crippen LogP contribution in [0.5, 0.6) is 11.5 Å². The molecule has 1 amide bonds. The largest absolute Gasteiger partial charge is 0.449 e. The molecular formula is C14H15NO3. The summed E-state index contributed by atoms with van der Waals surface area (Å²) in [6, 6.07) is 5.75. The lowest BCUT2D eigenvalue weighted by Gasteiger charge is -2.16. The van der Waals surface area contributed by atoms with Crippen LogP contribution < -0.4 is 14.8 Å². The van der Waals surface area contributed by atoms with Crippen molar-refractivity contribution in [2.24, 2.45) is 0 Å². The third-order valence-corrected chi connectivity index (χ3v) is 2.55. The second-order valence-corrected chi connectivity index (χ2v) is 4.54. The maximum absolute atomic E-state index is 10.9. The molecule has 0 unspecified atom stereocenters. The lowest BCUT2D eigenvalue weighted by atomic mass is 10.1. The van der Waals surface area contributed by atoms with Gasteiger partial charge in [0.2, 0.25) is 5.79 Å². The Kier molecular flexibility index (Phi) is 3.15. The van der Waals surface area contributed by atoms with E-state index in [1.807, 2.05) is 38.0 Å². The van der Waals surface area contributed by atoms with E-state index in [0.29, 0.717) is 13.0 Å². The Bertz CT molecular complexity index is 514. The summed E-state index contributed by atoms with van der Waals surface area (Å²) in [5.41, 5.74) is 1.06. The quantitative estimate of drug-likeness (QED) is 0.821. The summed E-state index contributed by atoms with van der Waals surface area (Å²) in [5.74, 6) is 2.49. The summed E-state index contributed by atoms with van der Waals surface area (Å²) in [5, 5.41) is 2.62. The van der Waals surface area contributed by atoms with E-state index in [2.05, 4.69) is 5.32 Å². The lowest BCUT2D eigenvalue weighted by molar-refractivity contribution is -0.115. The fourth-order valence-corrected chi connectivity index (χ4v) is 1.79. The van der Waals surface area contributed by atoms with Crippen molar-refractivity contribution in [3.63, 3.8) is 0 Å². The third kappa shape index (κ3) is 2.75. The van der Waals surface area contributed by atoms with Crippen LogP contribution >= 0.6 is 0 Å². The SMILES string of the molecule is C#CC(=O)NCCc1ccc2c(c1)OC(C)(C)O2. The van der Waals surface area contributed by atoms with Crippen LogP contribution in [0.25, 0.3) is 0 Å². The molecule has 0 saturated heterocycles. The zero-order valence-corrected chi connectivity index (χ0v) is 10.4. The molecule has 1 N–H and O–H groups in total. The standard InChI is InChI=1S/C14H15NO3/c1-4-13(16)15-8-7-10-5-6-11-12(9-10)18-14(2,3)17-11/h1,5-6,9H,7-8H2,2-3H3,(H,15,16). The van der Waals surface area contributed by atoms with Crippen molar-refractivity contribution in [2.75, 3.05) is 6.54 Å². The Balaban J connectivity index is 1.97. The number of carbonyl (C=O) groups is 1. The maximum atomic E-state index is 10.9. The Labute approximate surface area is 106 Å². The molecule has 2 rings (SSSR count). The molecule has 4 heteroatoms. The van der Waals surface area contributed by atoms with Gasteiger partial charge in [-0.2, -0.15) is 0 Å². The van der Waals surface area contributed by atoms with E-state index in [1.54, 1.807) is 0 Å². The van der Waals surface area contributed by atoms with E-state index in [9.17, 15) is 4.79 Å². The van der Waals surface area contributed by atoms with Gasteiger partial charge in [0.05, 0.1) is 0 Å². The molecule has 0 atom stereocenters. The number of amides is 1. The first-order valence-corrected chi connectivity index (χ1v) is 5.75. The van der Waals surface area contributed by atoms with Crippen molar-refractivity contribution in [1.29, 1.82) is 0 Å². The average molecular weight is 245 g/mol. The van der Waals surface area contributed by atoms with E-state index in [-0.39, 0.29) is 0 Å². The monoisotopic (exact) mass is 245 g/mol. The summed E-state index contributed by atoms with van der Waals surface area (Å²) >= 11 is 0. The highest BCUT2D eigenvalue weighted by molar-refractivity contribution is 5.92. The van der Waals surface area contributed by atoms with Crippen LogP contribution in [-0.2, 0) is 11.2 Å². The highest BCUT2D eigenvalue weighted by atomic mass is 16.7. The van der Waals surface area contributed by atoms with Crippen molar-refractivity contribution in [3.05, 3.63) is 23.8 Å². The minimum absolute atomic E-state index is 0.392. The van der Waals surface area contributed by atoms with Crippen molar-refractivity contribution in [3.8, 4) is 23.8 Å².